The van der Waals surface area contributed by atoms with Crippen LogP contribution in [0.5, 0.6) is 0 Å². The molecule has 2 aromatic carbocycles. The summed E-state index contributed by atoms with van der Waals surface area (Å²) in [7, 11) is 0. The second-order valence-corrected chi connectivity index (χ2v) is 8.73. The van der Waals surface area contributed by atoms with Crippen molar-refractivity contribution in [2.24, 2.45) is 5.92 Å². The van der Waals surface area contributed by atoms with Gasteiger partial charge in [-0.05, 0) is 42.3 Å². The number of halogens is 1. The number of anilines is 2. The third-order valence-electron chi connectivity index (χ3n) is 4.32. The summed E-state index contributed by atoms with van der Waals surface area (Å²) in [5.41, 5.74) is 2.31. The van der Waals surface area contributed by atoms with Crippen molar-refractivity contribution in [3.05, 3.63) is 58.6 Å². The van der Waals surface area contributed by atoms with Gasteiger partial charge in [0.05, 0.1) is 11.5 Å². The van der Waals surface area contributed by atoms with E-state index in [0.717, 1.165) is 16.5 Å². The first-order valence-corrected chi connectivity index (χ1v) is 11.6. The zero-order chi connectivity index (χ0) is 21.9. The van der Waals surface area contributed by atoms with Crippen molar-refractivity contribution in [2.45, 2.75) is 26.8 Å². The van der Waals surface area contributed by atoms with Crippen LogP contribution >= 0.6 is 27.7 Å². The van der Waals surface area contributed by atoms with Gasteiger partial charge in [0, 0.05) is 28.3 Å². The minimum atomic E-state index is -0.157. The van der Waals surface area contributed by atoms with E-state index in [1.807, 2.05) is 56.3 Å². The summed E-state index contributed by atoms with van der Waals surface area (Å²) in [5.74, 6) is 0.00936. The van der Waals surface area contributed by atoms with Gasteiger partial charge in [0.25, 0.3) is 0 Å². The molecule has 8 heteroatoms. The molecular weight excluding hydrogens is 466 g/mol. The largest absolute Gasteiger partial charge is 0.351 e. The van der Waals surface area contributed by atoms with Crippen LogP contribution < -0.4 is 16.0 Å². The Labute approximate surface area is 189 Å². The Morgan fingerprint density at radius 3 is 2.33 bits per heavy atom. The number of carbonyl (C=O) groups excluding carboxylic acids is 3. The van der Waals surface area contributed by atoms with E-state index in [9.17, 15) is 14.4 Å². The number of hydrogen-bond donors (Lipinski definition) is 3. The van der Waals surface area contributed by atoms with E-state index < -0.39 is 0 Å². The number of nitrogens with one attached hydrogen (secondary N) is 3. The maximum atomic E-state index is 12.1. The van der Waals surface area contributed by atoms with E-state index in [1.54, 1.807) is 6.07 Å². The molecule has 160 valence electrons. The Morgan fingerprint density at radius 1 is 0.967 bits per heavy atom. The maximum absolute atomic E-state index is 12.1. The highest BCUT2D eigenvalue weighted by Gasteiger charge is 2.11. The van der Waals surface area contributed by atoms with Gasteiger partial charge in [0.15, 0.2) is 0 Å². The topological polar surface area (TPSA) is 87.3 Å². The van der Waals surface area contributed by atoms with Crippen molar-refractivity contribution in [3.63, 3.8) is 0 Å². The van der Waals surface area contributed by atoms with Crippen LogP contribution in [0.25, 0.3) is 0 Å². The van der Waals surface area contributed by atoms with Crippen molar-refractivity contribution in [3.8, 4) is 0 Å². The molecule has 0 heterocycles. The predicted octanol–water partition coefficient (Wildman–Crippen LogP) is 4.42. The number of benzene rings is 2. The maximum Gasteiger partial charge on any atom is 0.234 e. The fourth-order valence-electron chi connectivity index (χ4n) is 2.46. The molecule has 0 aliphatic heterocycles. The lowest BCUT2D eigenvalue weighted by Gasteiger charge is -2.11. The highest BCUT2D eigenvalue weighted by atomic mass is 79.9. The second kappa shape index (κ2) is 12.4. The highest BCUT2D eigenvalue weighted by molar-refractivity contribution is 9.10. The molecule has 1 unspecified atom stereocenters. The van der Waals surface area contributed by atoms with Crippen molar-refractivity contribution < 1.29 is 14.4 Å². The summed E-state index contributed by atoms with van der Waals surface area (Å²) < 4.78 is 0.885. The van der Waals surface area contributed by atoms with Crippen LogP contribution in [0.3, 0.4) is 0 Å². The average Bonchev–Trinajstić information content (AvgIpc) is 2.72. The van der Waals surface area contributed by atoms with Gasteiger partial charge in [-0.15, -0.1) is 11.8 Å². The molecular formula is C22H26BrN3O3S. The van der Waals surface area contributed by atoms with Crippen LogP contribution in [0.2, 0.25) is 0 Å². The fourth-order valence-corrected chi connectivity index (χ4v) is 3.51. The standard InChI is InChI=1S/C22H26BrN3O3S/c1-3-15(2)22(29)26-18-8-4-6-16(10-18)12-24-20(27)13-30-14-21(28)25-19-9-5-7-17(23)11-19/h4-11,15H,3,12-14H2,1-2H3,(H,24,27)(H,25,28)(H,26,29). The molecule has 0 saturated carbocycles. The third kappa shape index (κ3) is 8.59. The Bertz CT molecular complexity index is 891. The van der Waals surface area contributed by atoms with E-state index in [0.29, 0.717) is 17.9 Å². The molecule has 0 aliphatic carbocycles. The zero-order valence-electron chi connectivity index (χ0n) is 17.0. The Kier molecular flexibility index (Phi) is 9.89. The molecule has 0 spiro atoms. The summed E-state index contributed by atoms with van der Waals surface area (Å²) in [6.45, 7) is 4.21. The van der Waals surface area contributed by atoms with Gasteiger partial charge >= 0.3 is 0 Å². The fraction of sp³-hybridized carbons (Fsp3) is 0.318. The minimum Gasteiger partial charge on any atom is -0.351 e. The molecule has 0 fully saturated rings. The first-order valence-electron chi connectivity index (χ1n) is 9.67. The van der Waals surface area contributed by atoms with Crippen LogP contribution in [0, 0.1) is 5.92 Å². The van der Waals surface area contributed by atoms with Gasteiger partial charge in [-0.1, -0.05) is 48.0 Å². The third-order valence-corrected chi connectivity index (χ3v) is 5.74. The highest BCUT2D eigenvalue weighted by Crippen LogP contribution is 2.16. The van der Waals surface area contributed by atoms with E-state index >= 15 is 0 Å². The van der Waals surface area contributed by atoms with Gasteiger partial charge < -0.3 is 16.0 Å². The molecule has 0 aliphatic rings. The number of hydrogen-bond acceptors (Lipinski definition) is 4. The number of amides is 3. The average molecular weight is 492 g/mol. The second-order valence-electron chi connectivity index (χ2n) is 6.83. The van der Waals surface area contributed by atoms with Crippen molar-refractivity contribution in [2.75, 3.05) is 22.1 Å². The molecule has 3 N–H and O–H groups in total. The van der Waals surface area contributed by atoms with Crippen LogP contribution in [-0.4, -0.2) is 29.2 Å². The molecule has 3 amide bonds. The predicted molar refractivity (Wildman–Crippen MR) is 126 cm³/mol. The van der Waals surface area contributed by atoms with Gasteiger partial charge in [0.2, 0.25) is 17.7 Å². The number of rotatable bonds is 10. The van der Waals surface area contributed by atoms with Crippen molar-refractivity contribution in [1.29, 1.82) is 0 Å². The molecule has 0 radical (unpaired) electrons. The summed E-state index contributed by atoms with van der Waals surface area (Å²) >= 11 is 4.61. The van der Waals surface area contributed by atoms with Gasteiger partial charge in [-0.3, -0.25) is 14.4 Å². The number of thioether (sulfide) groups is 1. The molecule has 2 rings (SSSR count). The summed E-state index contributed by atoms with van der Waals surface area (Å²) in [4.78, 5) is 36.0. The van der Waals surface area contributed by atoms with Gasteiger partial charge in [-0.2, -0.15) is 0 Å². The molecule has 6 nitrogen and oxygen atoms in total. The van der Waals surface area contributed by atoms with E-state index in [-0.39, 0.29) is 35.1 Å². The lowest BCUT2D eigenvalue weighted by molar-refractivity contribution is -0.120. The Hall–Kier alpha value is -2.32. The SMILES string of the molecule is CCC(C)C(=O)Nc1cccc(CNC(=O)CSCC(=O)Nc2cccc(Br)c2)c1. The molecule has 30 heavy (non-hydrogen) atoms. The lowest BCUT2D eigenvalue weighted by Crippen LogP contribution is -2.25. The van der Waals surface area contributed by atoms with Gasteiger partial charge in [0.1, 0.15) is 0 Å². The summed E-state index contributed by atoms with van der Waals surface area (Å²) in [5, 5.41) is 8.51. The van der Waals surface area contributed by atoms with Gasteiger partial charge in [-0.25, -0.2) is 0 Å². The lowest BCUT2D eigenvalue weighted by atomic mass is 10.1. The van der Waals surface area contributed by atoms with Crippen molar-refractivity contribution in [1.82, 2.24) is 5.32 Å². The van der Waals surface area contributed by atoms with Crippen LogP contribution in [0.4, 0.5) is 11.4 Å². The Morgan fingerprint density at radius 2 is 1.63 bits per heavy atom. The molecule has 0 bridgehead atoms. The first kappa shape index (κ1) is 24.0. The van der Waals surface area contributed by atoms with E-state index in [2.05, 4.69) is 31.9 Å². The van der Waals surface area contributed by atoms with Crippen LogP contribution in [0.15, 0.2) is 53.0 Å². The zero-order valence-corrected chi connectivity index (χ0v) is 19.4. The van der Waals surface area contributed by atoms with E-state index in [1.165, 1.54) is 11.8 Å². The molecule has 1 atom stereocenters. The van der Waals surface area contributed by atoms with E-state index in [4.69, 9.17) is 0 Å². The van der Waals surface area contributed by atoms with Crippen LogP contribution in [-0.2, 0) is 20.9 Å². The normalized spacial score (nSPS) is 11.4. The monoisotopic (exact) mass is 491 g/mol. The van der Waals surface area contributed by atoms with Crippen LogP contribution in [0.1, 0.15) is 25.8 Å². The quantitative estimate of drug-likeness (QED) is 0.458. The summed E-state index contributed by atoms with van der Waals surface area (Å²) in [6, 6.07) is 14.7. The smallest absolute Gasteiger partial charge is 0.234 e. The molecule has 0 saturated heterocycles. The minimum absolute atomic E-state index is 0.0174. The first-order chi connectivity index (χ1) is 14.4. The Balaban J connectivity index is 1.71. The molecule has 0 aromatic heterocycles. The molecule has 2 aromatic rings. The number of carbonyl (C=O) groups is 3. The summed E-state index contributed by atoms with van der Waals surface area (Å²) in [6.07, 6.45) is 0.778. The van der Waals surface area contributed by atoms with Crippen molar-refractivity contribution >= 4 is 56.8 Å².